The lowest BCUT2D eigenvalue weighted by Crippen LogP contribution is -2.57. The lowest BCUT2D eigenvalue weighted by Gasteiger charge is -2.39. The molecular weight excluding hydrogens is 753 g/mol. The highest BCUT2D eigenvalue weighted by molar-refractivity contribution is 7.89. The molecule has 0 aromatic heterocycles. The molecule has 286 valence electrons. The van der Waals surface area contributed by atoms with E-state index >= 15 is 4.79 Å². The van der Waals surface area contributed by atoms with Crippen molar-refractivity contribution >= 4 is 56.9 Å². The molecule has 1 N–H and O–H groups in total. The first-order valence-electron chi connectivity index (χ1n) is 18.2. The average molecular weight is 797 g/mol. The van der Waals surface area contributed by atoms with Crippen LogP contribution in [0.5, 0.6) is 5.75 Å². The largest absolute Gasteiger partial charge is 0.493 e. The van der Waals surface area contributed by atoms with Gasteiger partial charge in [-0.05, 0) is 73.4 Å². The number of nitrogens with zero attached hydrogens (tertiary/aromatic N) is 6. The van der Waals surface area contributed by atoms with Gasteiger partial charge >= 0.3 is 6.03 Å². The summed E-state index contributed by atoms with van der Waals surface area (Å²) < 4.78 is 35.3. The molecule has 0 radical (unpaired) electrons. The van der Waals surface area contributed by atoms with Crippen molar-refractivity contribution in [3.63, 3.8) is 0 Å². The second-order valence-electron chi connectivity index (χ2n) is 13.7. The Labute approximate surface area is 325 Å². The van der Waals surface area contributed by atoms with E-state index in [4.69, 9.17) is 32.9 Å². The summed E-state index contributed by atoms with van der Waals surface area (Å²) in [5.41, 5.74) is 1.94. The summed E-state index contributed by atoms with van der Waals surface area (Å²) >= 11 is 12.7. The van der Waals surface area contributed by atoms with E-state index in [0.29, 0.717) is 67.2 Å². The number of aliphatic imine (C=N–C) groups is 1. The maximum Gasteiger partial charge on any atom is 0.326 e. The molecule has 2 unspecified atom stereocenters. The molecule has 13 nitrogen and oxygen atoms in total. The summed E-state index contributed by atoms with van der Waals surface area (Å²) in [6.45, 7) is 5.55. The van der Waals surface area contributed by atoms with Gasteiger partial charge in [-0.2, -0.15) is 4.31 Å². The van der Waals surface area contributed by atoms with Crippen LogP contribution < -0.4 is 10.1 Å². The molecule has 16 heteroatoms. The highest BCUT2D eigenvalue weighted by Gasteiger charge is 2.45. The van der Waals surface area contributed by atoms with Crippen molar-refractivity contribution in [2.24, 2.45) is 4.99 Å². The van der Waals surface area contributed by atoms with Gasteiger partial charge in [0.05, 0.1) is 36.2 Å². The Bertz CT molecular complexity index is 2020. The zero-order valence-corrected chi connectivity index (χ0v) is 32.3. The molecule has 0 bridgehead atoms. The van der Waals surface area contributed by atoms with Crippen molar-refractivity contribution in [1.29, 1.82) is 0 Å². The third-order valence-electron chi connectivity index (χ3n) is 10.3. The second-order valence-corrected chi connectivity index (χ2v) is 16.5. The molecule has 7 rings (SSSR count). The van der Waals surface area contributed by atoms with E-state index in [2.05, 4.69) is 5.32 Å². The number of rotatable bonds is 9. The van der Waals surface area contributed by atoms with Crippen molar-refractivity contribution < 1.29 is 27.5 Å². The lowest BCUT2D eigenvalue weighted by molar-refractivity contribution is -0.135. The Morgan fingerprint density at radius 2 is 1.48 bits per heavy atom. The molecule has 4 aliphatic heterocycles. The first-order valence-corrected chi connectivity index (χ1v) is 20.4. The van der Waals surface area contributed by atoms with Gasteiger partial charge in [0.2, 0.25) is 21.8 Å². The molecule has 0 spiro atoms. The van der Waals surface area contributed by atoms with Gasteiger partial charge in [0, 0.05) is 62.4 Å². The van der Waals surface area contributed by atoms with Gasteiger partial charge in [0.25, 0.3) is 0 Å². The predicted molar refractivity (Wildman–Crippen MR) is 205 cm³/mol. The summed E-state index contributed by atoms with van der Waals surface area (Å²) in [6.07, 6.45) is 1.58. The summed E-state index contributed by atoms with van der Waals surface area (Å²) in [5, 5.41) is 3.85. The standard InChI is InChI=1S/C38H43Cl2N7O6S/c1-2-53-32-14-13-30(54(51,52)46-16-3-4-17-46)23-31(32)37-42-35(26-5-9-28(39)10-6-26)36(27-7-11-29(40)12-8-27)47(37)38(50)45-21-19-44(20-22-45)34(49)25-43-18-15-41-33(48)24-43/h5-14,23,35-36H,2-4,15-22,24-25H2,1H3,(H,41,48). The monoisotopic (exact) mass is 795 g/mol. The molecule has 3 saturated heterocycles. The maximum atomic E-state index is 15.1. The quantitative estimate of drug-likeness (QED) is 0.339. The third-order valence-corrected chi connectivity index (χ3v) is 12.7. The Morgan fingerprint density at radius 3 is 2.11 bits per heavy atom. The predicted octanol–water partition coefficient (Wildman–Crippen LogP) is 4.42. The first-order chi connectivity index (χ1) is 26.0. The Hall–Kier alpha value is -4.21. The molecule has 4 heterocycles. The number of carbonyl (C=O) groups is 3. The summed E-state index contributed by atoms with van der Waals surface area (Å²) in [4.78, 5) is 52.4. The molecule has 54 heavy (non-hydrogen) atoms. The fourth-order valence-corrected chi connectivity index (χ4v) is 9.27. The van der Waals surface area contributed by atoms with E-state index in [9.17, 15) is 18.0 Å². The van der Waals surface area contributed by atoms with Gasteiger partial charge in [0.15, 0.2) is 0 Å². The van der Waals surface area contributed by atoms with Crippen molar-refractivity contribution in [2.75, 3.05) is 72.1 Å². The highest BCUT2D eigenvalue weighted by Crippen LogP contribution is 2.46. The van der Waals surface area contributed by atoms with Crippen molar-refractivity contribution in [3.05, 3.63) is 93.5 Å². The zero-order valence-electron chi connectivity index (χ0n) is 30.0. The van der Waals surface area contributed by atoms with E-state index in [1.165, 1.54) is 4.31 Å². The van der Waals surface area contributed by atoms with Crippen molar-refractivity contribution in [2.45, 2.75) is 36.7 Å². The zero-order chi connectivity index (χ0) is 38.0. The second kappa shape index (κ2) is 16.3. The van der Waals surface area contributed by atoms with Gasteiger partial charge in [0.1, 0.15) is 17.6 Å². The van der Waals surface area contributed by atoms with E-state index in [0.717, 1.165) is 24.0 Å². The van der Waals surface area contributed by atoms with E-state index in [1.807, 2.05) is 36.1 Å². The molecule has 4 aliphatic rings. The van der Waals surface area contributed by atoms with Gasteiger partial charge in [-0.1, -0.05) is 47.5 Å². The van der Waals surface area contributed by atoms with Crippen LogP contribution in [0.25, 0.3) is 0 Å². The fraction of sp³-hybridized carbons (Fsp3) is 0.421. The number of hydrogen-bond donors (Lipinski definition) is 1. The molecule has 3 aromatic rings. The minimum Gasteiger partial charge on any atom is -0.493 e. The van der Waals surface area contributed by atoms with Crippen molar-refractivity contribution in [1.82, 2.24) is 29.2 Å². The van der Waals surface area contributed by atoms with Crippen LogP contribution in [0.3, 0.4) is 0 Å². The number of benzene rings is 3. The number of amides is 4. The summed E-state index contributed by atoms with van der Waals surface area (Å²) in [6, 6.07) is 17.7. The van der Waals surface area contributed by atoms with Gasteiger partial charge < -0.3 is 19.9 Å². The number of amidine groups is 1. The highest BCUT2D eigenvalue weighted by atomic mass is 35.5. The molecule has 3 fully saturated rings. The van der Waals surface area contributed by atoms with Gasteiger partial charge in [-0.3, -0.25) is 24.4 Å². The lowest BCUT2D eigenvalue weighted by atomic mass is 9.93. The van der Waals surface area contributed by atoms with Crippen LogP contribution in [-0.4, -0.2) is 128 Å². The number of sulfonamides is 1. The number of piperazine rings is 2. The molecule has 2 atom stereocenters. The van der Waals surface area contributed by atoms with Crippen LogP contribution in [-0.2, 0) is 19.6 Å². The van der Waals surface area contributed by atoms with E-state index in [1.54, 1.807) is 57.2 Å². The summed E-state index contributed by atoms with van der Waals surface area (Å²) in [5.74, 6) is 0.456. The van der Waals surface area contributed by atoms with E-state index < -0.39 is 22.1 Å². The molecular formula is C38H43Cl2N7O6S. The number of halogens is 2. The number of carbonyl (C=O) groups excluding carboxylic acids is 3. The molecule has 0 aliphatic carbocycles. The number of nitrogens with one attached hydrogen (secondary N) is 1. The van der Waals surface area contributed by atoms with Crippen LogP contribution in [0.4, 0.5) is 4.79 Å². The normalized spacial score (nSPS) is 21.3. The number of ether oxygens (including phenoxy) is 1. The average Bonchev–Trinajstić information content (AvgIpc) is 3.86. The van der Waals surface area contributed by atoms with Crippen LogP contribution in [0.1, 0.15) is 48.5 Å². The third kappa shape index (κ3) is 7.94. The van der Waals surface area contributed by atoms with Gasteiger partial charge in [-0.15, -0.1) is 0 Å². The molecule has 0 saturated carbocycles. The van der Waals surface area contributed by atoms with Crippen LogP contribution in [0.2, 0.25) is 10.0 Å². The van der Waals surface area contributed by atoms with E-state index in [-0.39, 0.29) is 54.8 Å². The Morgan fingerprint density at radius 1 is 0.852 bits per heavy atom. The molecule has 3 aromatic carbocycles. The minimum atomic E-state index is -3.83. The fourth-order valence-electron chi connectivity index (χ4n) is 7.47. The minimum absolute atomic E-state index is 0.0919. The smallest absolute Gasteiger partial charge is 0.326 e. The SMILES string of the molecule is CCOc1ccc(S(=O)(=O)N2CCCC2)cc1C1=NC(c2ccc(Cl)cc2)C(c2ccc(Cl)cc2)N1C(=O)N1CCN(C(=O)CN2CCNC(=O)C2)CC1. The topological polar surface area (TPSA) is 135 Å². The number of urea groups is 1. The van der Waals surface area contributed by atoms with Gasteiger partial charge in [-0.25, -0.2) is 13.2 Å². The number of hydrogen-bond acceptors (Lipinski definition) is 8. The Kier molecular flexibility index (Phi) is 11.5. The van der Waals surface area contributed by atoms with Crippen molar-refractivity contribution in [3.8, 4) is 5.75 Å². The van der Waals surface area contributed by atoms with Crippen LogP contribution in [0.15, 0.2) is 76.6 Å². The Balaban J connectivity index is 1.27. The van der Waals surface area contributed by atoms with Crippen LogP contribution in [0, 0.1) is 0 Å². The maximum absolute atomic E-state index is 15.1. The summed E-state index contributed by atoms with van der Waals surface area (Å²) in [7, 11) is -3.83. The molecule has 4 amide bonds. The first kappa shape index (κ1) is 38.1. The van der Waals surface area contributed by atoms with Crippen LogP contribution >= 0.6 is 23.2 Å².